The Hall–Kier alpha value is -3.28. The minimum Gasteiger partial charge on any atom is -0.322 e. The molecule has 3 aromatic rings. The molecule has 1 amide bonds. The summed E-state index contributed by atoms with van der Waals surface area (Å²) < 4.78 is 15.4. The number of nitrogens with zero attached hydrogens (tertiary/aromatic N) is 2. The van der Waals surface area contributed by atoms with Crippen molar-refractivity contribution >= 4 is 17.4 Å². The van der Waals surface area contributed by atoms with Crippen LogP contribution in [0, 0.1) is 5.82 Å². The van der Waals surface area contributed by atoms with Gasteiger partial charge in [-0.15, -0.1) is 0 Å². The molecule has 5 nitrogen and oxygen atoms in total. The Kier molecular flexibility index (Phi) is 4.54. The van der Waals surface area contributed by atoms with Gasteiger partial charge in [0.05, 0.1) is 17.6 Å². The minimum absolute atomic E-state index is 0.100. The number of Topliss-reactive ketones (excluding diaryl/α,β-unsaturated/α-hetero) is 1. The van der Waals surface area contributed by atoms with Crippen molar-refractivity contribution in [1.82, 2.24) is 9.55 Å². The summed E-state index contributed by atoms with van der Waals surface area (Å²) in [5.74, 6) is -0.844. The SMILES string of the molecule is O=C1CCCCc2ccc(NC(=O)c3cc(F)ccc3-n3ccnc3)cc21. The van der Waals surface area contributed by atoms with Crippen LogP contribution in [0.3, 0.4) is 0 Å². The molecule has 0 spiro atoms. The number of ketones is 1. The van der Waals surface area contributed by atoms with Gasteiger partial charge in [0.1, 0.15) is 5.82 Å². The molecule has 0 bridgehead atoms. The molecule has 6 heteroatoms. The van der Waals surface area contributed by atoms with Gasteiger partial charge in [0, 0.05) is 30.1 Å². The summed E-state index contributed by atoms with van der Waals surface area (Å²) in [6.45, 7) is 0. The van der Waals surface area contributed by atoms with Gasteiger partial charge in [-0.1, -0.05) is 6.07 Å². The number of imidazole rings is 1. The normalized spacial score (nSPS) is 13.7. The monoisotopic (exact) mass is 363 g/mol. The number of amides is 1. The van der Waals surface area contributed by atoms with E-state index in [-0.39, 0.29) is 11.3 Å². The van der Waals surface area contributed by atoms with E-state index in [0.29, 0.717) is 23.4 Å². The van der Waals surface area contributed by atoms with Crippen molar-refractivity contribution in [2.45, 2.75) is 25.7 Å². The quantitative estimate of drug-likeness (QED) is 0.710. The van der Waals surface area contributed by atoms with Gasteiger partial charge in [0.15, 0.2) is 5.78 Å². The van der Waals surface area contributed by atoms with E-state index in [1.165, 1.54) is 18.2 Å². The lowest BCUT2D eigenvalue weighted by atomic mass is 10.0. The van der Waals surface area contributed by atoms with Crippen molar-refractivity contribution < 1.29 is 14.0 Å². The van der Waals surface area contributed by atoms with Crippen molar-refractivity contribution in [3.63, 3.8) is 0 Å². The molecular weight excluding hydrogens is 345 g/mol. The number of carbonyl (C=O) groups excluding carboxylic acids is 2. The van der Waals surface area contributed by atoms with Crippen molar-refractivity contribution in [2.75, 3.05) is 5.32 Å². The number of aromatic nitrogens is 2. The number of hydrogen-bond donors (Lipinski definition) is 1. The molecule has 2 aromatic carbocycles. The molecule has 1 aliphatic rings. The van der Waals surface area contributed by atoms with Gasteiger partial charge in [0.2, 0.25) is 0 Å². The van der Waals surface area contributed by atoms with E-state index in [9.17, 15) is 14.0 Å². The molecule has 1 aliphatic carbocycles. The van der Waals surface area contributed by atoms with Crippen LogP contribution in [-0.4, -0.2) is 21.2 Å². The van der Waals surface area contributed by atoms with Crippen LogP contribution in [0.5, 0.6) is 0 Å². The van der Waals surface area contributed by atoms with Crippen LogP contribution in [0.15, 0.2) is 55.1 Å². The van der Waals surface area contributed by atoms with Gasteiger partial charge < -0.3 is 9.88 Å². The maximum atomic E-state index is 13.8. The Bertz CT molecular complexity index is 1010. The van der Waals surface area contributed by atoms with Crippen LogP contribution in [0.4, 0.5) is 10.1 Å². The molecule has 0 atom stereocenters. The summed E-state index contributed by atoms with van der Waals surface area (Å²) in [7, 11) is 0. The molecule has 0 saturated carbocycles. The molecule has 136 valence electrons. The van der Waals surface area contributed by atoms with E-state index < -0.39 is 11.7 Å². The summed E-state index contributed by atoms with van der Waals surface area (Å²) in [4.78, 5) is 29.1. The fourth-order valence-corrected chi connectivity index (χ4v) is 3.38. The number of hydrogen-bond acceptors (Lipinski definition) is 3. The van der Waals surface area contributed by atoms with E-state index in [4.69, 9.17) is 0 Å². The van der Waals surface area contributed by atoms with Gasteiger partial charge in [-0.25, -0.2) is 9.37 Å². The molecule has 0 fully saturated rings. The summed E-state index contributed by atoms with van der Waals surface area (Å²) in [5.41, 5.74) is 2.92. The van der Waals surface area contributed by atoms with Crippen LogP contribution >= 0.6 is 0 Å². The highest BCUT2D eigenvalue weighted by Crippen LogP contribution is 2.25. The van der Waals surface area contributed by atoms with E-state index in [1.54, 1.807) is 35.4 Å². The highest BCUT2D eigenvalue weighted by Gasteiger charge is 2.18. The van der Waals surface area contributed by atoms with Crippen LogP contribution < -0.4 is 5.32 Å². The molecule has 1 heterocycles. The smallest absolute Gasteiger partial charge is 0.257 e. The maximum absolute atomic E-state index is 13.8. The third kappa shape index (κ3) is 3.51. The molecule has 1 aromatic heterocycles. The lowest BCUT2D eigenvalue weighted by Crippen LogP contribution is -2.16. The zero-order chi connectivity index (χ0) is 18.8. The second-order valence-corrected chi connectivity index (χ2v) is 6.59. The number of halogens is 1. The van der Waals surface area contributed by atoms with Crippen molar-refractivity contribution in [1.29, 1.82) is 0 Å². The Morgan fingerprint density at radius 2 is 1.96 bits per heavy atom. The van der Waals surface area contributed by atoms with Gasteiger partial charge in [-0.2, -0.15) is 0 Å². The second-order valence-electron chi connectivity index (χ2n) is 6.59. The first kappa shape index (κ1) is 17.1. The van der Waals surface area contributed by atoms with Gasteiger partial charge in [-0.3, -0.25) is 9.59 Å². The Morgan fingerprint density at radius 3 is 2.78 bits per heavy atom. The standard InChI is InChI=1S/C21H18FN3O2/c22-15-6-8-19(25-10-9-23-13-25)18(11-15)21(27)24-16-7-5-14-3-1-2-4-20(26)17(14)12-16/h5-13H,1-4H2,(H,24,27). The second kappa shape index (κ2) is 7.15. The largest absolute Gasteiger partial charge is 0.322 e. The lowest BCUT2D eigenvalue weighted by Gasteiger charge is -2.13. The van der Waals surface area contributed by atoms with E-state index in [2.05, 4.69) is 10.3 Å². The van der Waals surface area contributed by atoms with Gasteiger partial charge in [0.25, 0.3) is 5.91 Å². The van der Waals surface area contributed by atoms with Crippen LogP contribution in [-0.2, 0) is 6.42 Å². The van der Waals surface area contributed by atoms with Crippen LogP contribution in [0.1, 0.15) is 45.5 Å². The molecule has 0 radical (unpaired) electrons. The summed E-state index contributed by atoms with van der Waals surface area (Å²) >= 11 is 0. The van der Waals surface area contributed by atoms with E-state index in [1.807, 2.05) is 6.07 Å². The number of carbonyl (C=O) groups is 2. The number of rotatable bonds is 3. The molecule has 1 N–H and O–H groups in total. The summed E-state index contributed by atoms with van der Waals surface area (Å²) in [6.07, 6.45) is 8.08. The number of fused-ring (bicyclic) bond motifs is 1. The summed E-state index contributed by atoms with van der Waals surface area (Å²) in [5, 5.41) is 2.79. The first-order valence-electron chi connectivity index (χ1n) is 8.87. The highest BCUT2D eigenvalue weighted by atomic mass is 19.1. The van der Waals surface area contributed by atoms with E-state index in [0.717, 1.165) is 24.8 Å². The number of anilines is 1. The molecule has 0 saturated heterocycles. The van der Waals surface area contributed by atoms with Crippen LogP contribution in [0.25, 0.3) is 5.69 Å². The lowest BCUT2D eigenvalue weighted by molar-refractivity contribution is 0.0979. The van der Waals surface area contributed by atoms with Crippen molar-refractivity contribution in [2.24, 2.45) is 0 Å². The molecule has 4 rings (SSSR count). The van der Waals surface area contributed by atoms with Crippen molar-refractivity contribution in [3.8, 4) is 5.69 Å². The fraction of sp³-hybridized carbons (Fsp3) is 0.190. The topological polar surface area (TPSA) is 64.0 Å². The average molecular weight is 363 g/mol. The van der Waals surface area contributed by atoms with Gasteiger partial charge >= 0.3 is 0 Å². The predicted octanol–water partition coefficient (Wildman–Crippen LogP) is 4.17. The molecule has 0 unspecified atom stereocenters. The third-order valence-electron chi connectivity index (χ3n) is 4.75. The summed E-state index contributed by atoms with van der Waals surface area (Å²) in [6, 6.07) is 9.41. The number of nitrogens with one attached hydrogen (secondary N) is 1. The maximum Gasteiger partial charge on any atom is 0.257 e. The minimum atomic E-state index is -0.499. The molecule has 0 aliphatic heterocycles. The van der Waals surface area contributed by atoms with Crippen molar-refractivity contribution in [3.05, 3.63) is 77.6 Å². The van der Waals surface area contributed by atoms with E-state index >= 15 is 0 Å². The first-order chi connectivity index (χ1) is 13.1. The Balaban J connectivity index is 1.66. The Labute approximate surface area is 155 Å². The van der Waals surface area contributed by atoms with Crippen LogP contribution in [0.2, 0.25) is 0 Å². The van der Waals surface area contributed by atoms with Gasteiger partial charge in [-0.05, 0) is 55.2 Å². The highest BCUT2D eigenvalue weighted by molar-refractivity contribution is 6.07. The number of aryl methyl sites for hydroxylation is 1. The predicted molar refractivity (Wildman–Crippen MR) is 99.8 cm³/mol. The zero-order valence-corrected chi connectivity index (χ0v) is 14.6. The average Bonchev–Trinajstić information content (AvgIpc) is 3.13. The fourth-order valence-electron chi connectivity index (χ4n) is 3.38. The Morgan fingerprint density at radius 1 is 1.11 bits per heavy atom. The molecule has 27 heavy (non-hydrogen) atoms. The third-order valence-corrected chi connectivity index (χ3v) is 4.75. The molecular formula is C21H18FN3O2. The zero-order valence-electron chi connectivity index (χ0n) is 14.6. The number of benzene rings is 2. The first-order valence-corrected chi connectivity index (χ1v) is 8.87.